The Morgan fingerprint density at radius 2 is 2.05 bits per heavy atom. The summed E-state index contributed by atoms with van der Waals surface area (Å²) in [6.45, 7) is 0.801. The number of nitrogen functional groups attached to an aromatic ring is 1. The van der Waals surface area contributed by atoms with Crippen molar-refractivity contribution in [1.82, 2.24) is 4.98 Å². The molecule has 0 amide bonds. The number of hydrogen-bond acceptors (Lipinski definition) is 4. The lowest BCUT2D eigenvalue weighted by Crippen LogP contribution is -2.30. The fraction of sp³-hybridized carbons (Fsp3) is 0.438. The Hall–Kier alpha value is -1.81. The number of rotatable bonds is 3. The number of anilines is 2. The first-order valence-electron chi connectivity index (χ1n) is 7.30. The number of aliphatic hydroxyl groups excluding tert-OH is 1. The van der Waals surface area contributed by atoms with Crippen LogP contribution in [0.4, 0.5) is 11.4 Å². The standard InChI is InChI=1S/C16H21N3O/c17-14-5-6-15(13-10-18-8-7-12(13)14)19-9-11-3-1-2-4-16(11)20/h5-8,10-11,16,19-20H,1-4,9,17H2. The molecular weight excluding hydrogens is 250 g/mol. The third-order valence-electron chi connectivity index (χ3n) is 4.28. The maximum absolute atomic E-state index is 10.0. The minimum atomic E-state index is -0.172. The lowest BCUT2D eigenvalue weighted by Gasteiger charge is -2.28. The Kier molecular flexibility index (Phi) is 3.74. The maximum Gasteiger partial charge on any atom is 0.0585 e. The first-order chi connectivity index (χ1) is 9.75. The molecule has 2 aromatic rings. The zero-order valence-corrected chi connectivity index (χ0v) is 11.5. The van der Waals surface area contributed by atoms with Crippen LogP contribution in [0.3, 0.4) is 0 Å². The van der Waals surface area contributed by atoms with Gasteiger partial charge in [0.2, 0.25) is 0 Å². The lowest BCUT2D eigenvalue weighted by atomic mass is 9.86. The Bertz CT molecular complexity index is 599. The first-order valence-corrected chi connectivity index (χ1v) is 7.30. The van der Waals surface area contributed by atoms with Gasteiger partial charge in [-0.25, -0.2) is 0 Å². The van der Waals surface area contributed by atoms with E-state index in [4.69, 9.17) is 5.73 Å². The number of fused-ring (bicyclic) bond motifs is 1. The average Bonchev–Trinajstić information content (AvgIpc) is 2.48. The SMILES string of the molecule is Nc1ccc(NCC2CCCCC2O)c2cnccc12. The van der Waals surface area contributed by atoms with Crippen molar-refractivity contribution >= 4 is 22.1 Å². The summed E-state index contributed by atoms with van der Waals surface area (Å²) in [4.78, 5) is 4.18. The number of aliphatic hydroxyl groups is 1. The van der Waals surface area contributed by atoms with Crippen LogP contribution in [0.2, 0.25) is 0 Å². The molecule has 2 unspecified atom stereocenters. The van der Waals surface area contributed by atoms with Gasteiger partial charge in [-0.1, -0.05) is 12.8 Å². The van der Waals surface area contributed by atoms with Crippen molar-refractivity contribution in [2.24, 2.45) is 5.92 Å². The second-order valence-electron chi connectivity index (χ2n) is 5.62. The van der Waals surface area contributed by atoms with E-state index in [1.807, 2.05) is 24.4 Å². The second kappa shape index (κ2) is 5.67. The van der Waals surface area contributed by atoms with E-state index in [0.29, 0.717) is 5.92 Å². The molecule has 3 rings (SSSR count). The summed E-state index contributed by atoms with van der Waals surface area (Å²) >= 11 is 0. The van der Waals surface area contributed by atoms with Crippen molar-refractivity contribution in [3.05, 3.63) is 30.6 Å². The predicted molar refractivity (Wildman–Crippen MR) is 82.6 cm³/mol. The van der Waals surface area contributed by atoms with Crippen LogP contribution in [0.15, 0.2) is 30.6 Å². The molecule has 4 N–H and O–H groups in total. The molecule has 4 heteroatoms. The summed E-state index contributed by atoms with van der Waals surface area (Å²) < 4.78 is 0. The van der Waals surface area contributed by atoms with E-state index in [1.165, 1.54) is 6.42 Å². The Balaban J connectivity index is 1.79. The molecule has 4 nitrogen and oxygen atoms in total. The molecule has 0 bridgehead atoms. The van der Waals surface area contributed by atoms with Crippen molar-refractivity contribution in [3.8, 4) is 0 Å². The zero-order valence-electron chi connectivity index (χ0n) is 11.5. The van der Waals surface area contributed by atoms with Crippen LogP contribution in [0, 0.1) is 5.92 Å². The van der Waals surface area contributed by atoms with Crippen LogP contribution in [0.5, 0.6) is 0 Å². The number of nitrogens with one attached hydrogen (secondary N) is 1. The number of hydrogen-bond donors (Lipinski definition) is 3. The van der Waals surface area contributed by atoms with Gasteiger partial charge in [-0.05, 0) is 31.0 Å². The highest BCUT2D eigenvalue weighted by Crippen LogP contribution is 2.29. The Morgan fingerprint density at radius 1 is 1.20 bits per heavy atom. The molecule has 106 valence electrons. The van der Waals surface area contributed by atoms with Gasteiger partial charge >= 0.3 is 0 Å². The van der Waals surface area contributed by atoms with E-state index in [2.05, 4.69) is 10.3 Å². The molecule has 0 radical (unpaired) electrons. The van der Waals surface area contributed by atoms with Gasteiger partial charge in [0.05, 0.1) is 6.10 Å². The quantitative estimate of drug-likeness (QED) is 0.751. The van der Waals surface area contributed by atoms with E-state index in [-0.39, 0.29) is 6.10 Å². The molecule has 1 aromatic carbocycles. The number of nitrogens with zero attached hydrogens (tertiary/aromatic N) is 1. The van der Waals surface area contributed by atoms with E-state index in [0.717, 1.165) is 48.0 Å². The number of aromatic nitrogens is 1. The number of pyridine rings is 1. The van der Waals surface area contributed by atoms with E-state index >= 15 is 0 Å². The molecule has 1 heterocycles. The van der Waals surface area contributed by atoms with Gasteiger partial charge in [-0.3, -0.25) is 4.98 Å². The molecule has 20 heavy (non-hydrogen) atoms. The van der Waals surface area contributed by atoms with Crippen LogP contribution in [0.25, 0.3) is 10.8 Å². The van der Waals surface area contributed by atoms with Crippen molar-refractivity contribution < 1.29 is 5.11 Å². The van der Waals surface area contributed by atoms with Crippen LogP contribution >= 0.6 is 0 Å². The van der Waals surface area contributed by atoms with Crippen LogP contribution in [-0.2, 0) is 0 Å². The first kappa shape index (κ1) is 13.2. The van der Waals surface area contributed by atoms with Gasteiger partial charge in [-0.15, -0.1) is 0 Å². The molecule has 0 aliphatic heterocycles. The highest BCUT2D eigenvalue weighted by Gasteiger charge is 2.22. The van der Waals surface area contributed by atoms with Crippen molar-refractivity contribution in [3.63, 3.8) is 0 Å². The van der Waals surface area contributed by atoms with Gasteiger partial charge in [0.25, 0.3) is 0 Å². The highest BCUT2D eigenvalue weighted by atomic mass is 16.3. The predicted octanol–water partition coefficient (Wildman–Crippen LogP) is 2.78. The summed E-state index contributed by atoms with van der Waals surface area (Å²) in [7, 11) is 0. The van der Waals surface area contributed by atoms with Gasteiger partial charge in [0, 0.05) is 47.0 Å². The molecule has 1 aromatic heterocycles. The monoisotopic (exact) mass is 271 g/mol. The fourth-order valence-corrected chi connectivity index (χ4v) is 3.03. The molecule has 1 aliphatic rings. The molecule has 1 saturated carbocycles. The highest BCUT2D eigenvalue weighted by molar-refractivity contribution is 6.00. The summed E-state index contributed by atoms with van der Waals surface area (Å²) in [5.74, 6) is 0.341. The molecule has 0 spiro atoms. The largest absolute Gasteiger partial charge is 0.398 e. The number of nitrogens with two attached hydrogens (primary N) is 1. The summed E-state index contributed by atoms with van der Waals surface area (Å²) in [5.41, 5.74) is 7.80. The van der Waals surface area contributed by atoms with Crippen molar-refractivity contribution in [1.29, 1.82) is 0 Å². The third-order valence-corrected chi connectivity index (χ3v) is 4.28. The smallest absolute Gasteiger partial charge is 0.0585 e. The Morgan fingerprint density at radius 3 is 2.90 bits per heavy atom. The number of benzene rings is 1. The van der Waals surface area contributed by atoms with Crippen LogP contribution in [-0.4, -0.2) is 22.7 Å². The summed E-state index contributed by atoms with van der Waals surface area (Å²) in [6, 6.07) is 5.85. The van der Waals surface area contributed by atoms with Gasteiger partial charge in [0.1, 0.15) is 0 Å². The van der Waals surface area contributed by atoms with Crippen molar-refractivity contribution in [2.75, 3.05) is 17.6 Å². The zero-order chi connectivity index (χ0) is 13.9. The van der Waals surface area contributed by atoms with Crippen molar-refractivity contribution in [2.45, 2.75) is 31.8 Å². The molecule has 1 fully saturated rings. The van der Waals surface area contributed by atoms with Crippen LogP contribution in [0.1, 0.15) is 25.7 Å². The maximum atomic E-state index is 10.0. The average molecular weight is 271 g/mol. The Labute approximate surface area is 119 Å². The normalized spacial score (nSPS) is 22.9. The molecule has 2 atom stereocenters. The molecular formula is C16H21N3O. The third kappa shape index (κ3) is 2.56. The lowest BCUT2D eigenvalue weighted by molar-refractivity contribution is 0.0763. The van der Waals surface area contributed by atoms with E-state index in [9.17, 15) is 5.11 Å². The molecule has 1 aliphatic carbocycles. The summed E-state index contributed by atoms with van der Waals surface area (Å²) in [6.07, 6.45) is 7.81. The minimum Gasteiger partial charge on any atom is -0.398 e. The summed E-state index contributed by atoms with van der Waals surface area (Å²) in [5, 5.41) is 15.6. The van der Waals surface area contributed by atoms with Gasteiger partial charge < -0.3 is 16.2 Å². The second-order valence-corrected chi connectivity index (χ2v) is 5.62. The van der Waals surface area contributed by atoms with Gasteiger partial charge in [0.15, 0.2) is 0 Å². The molecule has 0 saturated heterocycles. The fourth-order valence-electron chi connectivity index (χ4n) is 3.03. The van der Waals surface area contributed by atoms with Crippen LogP contribution < -0.4 is 11.1 Å². The van der Waals surface area contributed by atoms with E-state index < -0.39 is 0 Å². The topological polar surface area (TPSA) is 71.2 Å². The van der Waals surface area contributed by atoms with Gasteiger partial charge in [-0.2, -0.15) is 0 Å². The van der Waals surface area contributed by atoms with E-state index in [1.54, 1.807) is 6.20 Å². The minimum absolute atomic E-state index is 0.172.